The van der Waals surface area contributed by atoms with Gasteiger partial charge in [-0.1, -0.05) is 18.7 Å². The number of thioether (sulfide) groups is 1. The molecule has 0 bridgehead atoms. The lowest BCUT2D eigenvalue weighted by Gasteiger charge is -2.10. The van der Waals surface area contributed by atoms with E-state index in [0.29, 0.717) is 16.5 Å². The summed E-state index contributed by atoms with van der Waals surface area (Å²) in [5, 5.41) is 8.29. The molecule has 22 heavy (non-hydrogen) atoms. The van der Waals surface area contributed by atoms with Crippen LogP contribution in [0.3, 0.4) is 0 Å². The van der Waals surface area contributed by atoms with E-state index in [2.05, 4.69) is 10.2 Å². The highest BCUT2D eigenvalue weighted by Crippen LogP contribution is 2.22. The second-order valence-electron chi connectivity index (χ2n) is 4.68. The van der Waals surface area contributed by atoms with Gasteiger partial charge in [-0.05, 0) is 37.6 Å². The minimum absolute atomic E-state index is 0.100. The monoisotopic (exact) mass is 324 g/mol. The fourth-order valence-electron chi connectivity index (χ4n) is 1.64. The number of halogens is 1. The van der Waals surface area contributed by atoms with Crippen LogP contribution < -0.4 is 5.84 Å². The van der Waals surface area contributed by atoms with Crippen LogP contribution in [0.1, 0.15) is 20.3 Å². The number of aromatic nitrogens is 3. The average molecular weight is 324 g/mol. The SMILES string of the molecule is CCC(C)OC(=O)CSc1nnc(-c2ccc(F)cc2)n1N. The number of nitrogen functional groups attached to an aromatic ring is 1. The molecule has 2 N–H and O–H groups in total. The van der Waals surface area contributed by atoms with Crippen LogP contribution in [0.25, 0.3) is 11.4 Å². The third-order valence-electron chi connectivity index (χ3n) is 2.99. The zero-order chi connectivity index (χ0) is 16.1. The number of carbonyl (C=O) groups is 1. The van der Waals surface area contributed by atoms with Gasteiger partial charge in [0.1, 0.15) is 5.82 Å². The van der Waals surface area contributed by atoms with Crippen molar-refractivity contribution >= 4 is 17.7 Å². The van der Waals surface area contributed by atoms with E-state index in [0.717, 1.165) is 18.2 Å². The zero-order valence-electron chi connectivity index (χ0n) is 12.3. The first kappa shape index (κ1) is 16.3. The van der Waals surface area contributed by atoms with Crippen LogP contribution in [0.5, 0.6) is 0 Å². The Morgan fingerprint density at radius 1 is 1.41 bits per heavy atom. The fraction of sp³-hybridized carbons (Fsp3) is 0.357. The topological polar surface area (TPSA) is 83.0 Å². The Bertz CT molecular complexity index is 645. The molecule has 1 atom stereocenters. The third-order valence-corrected chi connectivity index (χ3v) is 3.91. The summed E-state index contributed by atoms with van der Waals surface area (Å²) < 4.78 is 19.4. The summed E-state index contributed by atoms with van der Waals surface area (Å²) in [6, 6.07) is 5.77. The number of rotatable bonds is 6. The Kier molecular flexibility index (Phi) is 5.37. The Balaban J connectivity index is 2.02. The standard InChI is InChI=1S/C14H17FN4O2S/c1-3-9(2)21-12(20)8-22-14-18-17-13(19(14)16)10-4-6-11(15)7-5-10/h4-7,9H,3,8,16H2,1-2H3. The summed E-state index contributed by atoms with van der Waals surface area (Å²) in [6.07, 6.45) is 0.650. The maximum atomic E-state index is 12.9. The Morgan fingerprint density at radius 2 is 2.09 bits per heavy atom. The van der Waals surface area contributed by atoms with Gasteiger partial charge in [0.05, 0.1) is 11.9 Å². The number of benzene rings is 1. The molecule has 0 radical (unpaired) electrons. The van der Waals surface area contributed by atoms with E-state index in [9.17, 15) is 9.18 Å². The number of nitrogens with zero attached hydrogens (tertiary/aromatic N) is 3. The minimum Gasteiger partial charge on any atom is -0.462 e. The lowest BCUT2D eigenvalue weighted by atomic mass is 10.2. The van der Waals surface area contributed by atoms with Crippen LogP contribution in [0.15, 0.2) is 29.4 Å². The van der Waals surface area contributed by atoms with Crippen LogP contribution in [-0.2, 0) is 9.53 Å². The molecular weight excluding hydrogens is 307 g/mol. The molecular formula is C14H17FN4O2S. The number of hydrogen-bond donors (Lipinski definition) is 1. The van der Waals surface area contributed by atoms with Gasteiger partial charge in [-0.25, -0.2) is 9.07 Å². The smallest absolute Gasteiger partial charge is 0.316 e. The predicted octanol–water partition coefficient (Wildman–Crippen LogP) is 2.23. The van der Waals surface area contributed by atoms with Gasteiger partial charge in [0, 0.05) is 5.56 Å². The average Bonchev–Trinajstić information content (AvgIpc) is 2.87. The van der Waals surface area contributed by atoms with E-state index in [1.165, 1.54) is 16.8 Å². The summed E-state index contributed by atoms with van der Waals surface area (Å²) >= 11 is 1.14. The summed E-state index contributed by atoms with van der Waals surface area (Å²) in [4.78, 5) is 11.6. The van der Waals surface area contributed by atoms with E-state index in [1.807, 2.05) is 13.8 Å². The first-order chi connectivity index (χ1) is 10.5. The first-order valence-electron chi connectivity index (χ1n) is 6.80. The Hall–Kier alpha value is -2.09. The lowest BCUT2D eigenvalue weighted by molar-refractivity contribution is -0.144. The minimum atomic E-state index is -0.339. The molecule has 118 valence electrons. The van der Waals surface area contributed by atoms with Gasteiger partial charge in [0.2, 0.25) is 5.16 Å². The highest BCUT2D eigenvalue weighted by Gasteiger charge is 2.15. The molecule has 0 spiro atoms. The molecule has 1 heterocycles. The van der Waals surface area contributed by atoms with Crippen molar-refractivity contribution in [3.8, 4) is 11.4 Å². The van der Waals surface area contributed by atoms with Crippen molar-refractivity contribution in [2.45, 2.75) is 31.5 Å². The van der Waals surface area contributed by atoms with E-state index in [4.69, 9.17) is 10.6 Å². The summed E-state index contributed by atoms with van der Waals surface area (Å²) in [5.74, 6) is 5.75. The van der Waals surface area contributed by atoms with Crippen LogP contribution >= 0.6 is 11.8 Å². The van der Waals surface area contributed by atoms with Crippen molar-refractivity contribution in [2.24, 2.45) is 0 Å². The van der Waals surface area contributed by atoms with Gasteiger partial charge in [0.25, 0.3) is 0 Å². The number of hydrogen-bond acceptors (Lipinski definition) is 6. The molecule has 0 aliphatic carbocycles. The van der Waals surface area contributed by atoms with Crippen molar-refractivity contribution < 1.29 is 13.9 Å². The van der Waals surface area contributed by atoms with Gasteiger partial charge >= 0.3 is 5.97 Å². The third kappa shape index (κ3) is 3.97. The van der Waals surface area contributed by atoms with Crippen molar-refractivity contribution in [3.05, 3.63) is 30.1 Å². The van der Waals surface area contributed by atoms with Crippen LogP contribution in [-0.4, -0.2) is 32.7 Å². The molecule has 8 heteroatoms. The van der Waals surface area contributed by atoms with Crippen molar-refractivity contribution in [2.75, 3.05) is 11.6 Å². The molecule has 6 nitrogen and oxygen atoms in total. The number of carbonyl (C=O) groups excluding carboxylic acids is 1. The van der Waals surface area contributed by atoms with Gasteiger partial charge in [0.15, 0.2) is 5.82 Å². The van der Waals surface area contributed by atoms with Gasteiger partial charge in [-0.3, -0.25) is 4.79 Å². The number of esters is 1. The lowest BCUT2D eigenvalue weighted by Crippen LogP contribution is -2.17. The Labute approximate surface area is 131 Å². The first-order valence-corrected chi connectivity index (χ1v) is 7.78. The quantitative estimate of drug-likeness (QED) is 0.498. The highest BCUT2D eigenvalue weighted by atomic mass is 32.2. The van der Waals surface area contributed by atoms with Gasteiger partial charge < -0.3 is 10.6 Å². The molecule has 0 saturated heterocycles. The maximum Gasteiger partial charge on any atom is 0.316 e. The largest absolute Gasteiger partial charge is 0.462 e. The van der Waals surface area contributed by atoms with Crippen LogP contribution in [0.2, 0.25) is 0 Å². The molecule has 0 aliphatic rings. The summed E-state index contributed by atoms with van der Waals surface area (Å²) in [7, 11) is 0. The molecule has 0 fully saturated rings. The molecule has 0 saturated carbocycles. The number of ether oxygens (including phenoxy) is 1. The van der Waals surface area contributed by atoms with Crippen molar-refractivity contribution in [3.63, 3.8) is 0 Å². The molecule has 1 aromatic heterocycles. The van der Waals surface area contributed by atoms with Crippen LogP contribution in [0, 0.1) is 5.82 Å². The van der Waals surface area contributed by atoms with E-state index in [1.54, 1.807) is 12.1 Å². The summed E-state index contributed by atoms with van der Waals surface area (Å²) in [6.45, 7) is 3.78. The van der Waals surface area contributed by atoms with Gasteiger partial charge in [-0.15, -0.1) is 10.2 Å². The fourth-order valence-corrected chi connectivity index (χ4v) is 2.28. The maximum absolute atomic E-state index is 12.9. The second kappa shape index (κ2) is 7.26. The normalized spacial score (nSPS) is 12.1. The van der Waals surface area contributed by atoms with E-state index < -0.39 is 0 Å². The summed E-state index contributed by atoms with van der Waals surface area (Å²) in [5.41, 5.74) is 0.644. The van der Waals surface area contributed by atoms with E-state index >= 15 is 0 Å². The van der Waals surface area contributed by atoms with Crippen molar-refractivity contribution in [1.82, 2.24) is 14.9 Å². The highest BCUT2D eigenvalue weighted by molar-refractivity contribution is 7.99. The molecule has 0 aliphatic heterocycles. The Morgan fingerprint density at radius 3 is 2.73 bits per heavy atom. The molecule has 2 aromatic rings. The predicted molar refractivity (Wildman–Crippen MR) is 82.1 cm³/mol. The van der Waals surface area contributed by atoms with Crippen LogP contribution in [0.4, 0.5) is 4.39 Å². The van der Waals surface area contributed by atoms with Gasteiger partial charge in [-0.2, -0.15) is 0 Å². The molecule has 1 unspecified atom stereocenters. The van der Waals surface area contributed by atoms with E-state index in [-0.39, 0.29) is 23.6 Å². The molecule has 0 amide bonds. The molecule has 2 rings (SSSR count). The van der Waals surface area contributed by atoms with Crippen molar-refractivity contribution in [1.29, 1.82) is 0 Å². The molecule has 1 aromatic carbocycles. The second-order valence-corrected chi connectivity index (χ2v) is 5.62. The zero-order valence-corrected chi connectivity index (χ0v) is 13.1. The number of nitrogens with two attached hydrogens (primary N) is 1.